The molecule has 4 aromatic carbocycles. The number of benzene rings is 4. The van der Waals surface area contributed by atoms with Crippen molar-refractivity contribution in [2.45, 2.75) is 54.4 Å². The van der Waals surface area contributed by atoms with Gasteiger partial charge >= 0.3 is 237 Å². The van der Waals surface area contributed by atoms with Gasteiger partial charge < -0.3 is 0 Å². The minimum atomic E-state index is -2.63. The maximum atomic E-state index is 2.48. The van der Waals surface area contributed by atoms with Gasteiger partial charge in [-0.2, -0.15) is 0 Å². The summed E-state index contributed by atoms with van der Waals surface area (Å²) >= 11 is -2.63. The van der Waals surface area contributed by atoms with Crippen LogP contribution in [0.5, 0.6) is 0 Å². The van der Waals surface area contributed by atoms with E-state index in [9.17, 15) is 0 Å². The molecule has 0 fully saturated rings. The topological polar surface area (TPSA) is 0 Å². The zero-order chi connectivity index (χ0) is 26.6. The molecule has 0 radical (unpaired) electrons. The first-order valence-electron chi connectivity index (χ1n) is 13.8. The summed E-state index contributed by atoms with van der Waals surface area (Å²) < 4.78 is 5.00. The molecule has 0 heterocycles. The molecule has 0 saturated heterocycles. The third-order valence-electron chi connectivity index (χ3n) is 8.60. The molecule has 4 aromatic rings. The van der Waals surface area contributed by atoms with Crippen molar-refractivity contribution in [1.29, 1.82) is 0 Å². The van der Waals surface area contributed by atoms with Crippen LogP contribution in [0.4, 0.5) is 0 Å². The summed E-state index contributed by atoms with van der Waals surface area (Å²) in [6.07, 6.45) is 9.27. The summed E-state index contributed by atoms with van der Waals surface area (Å²) in [6, 6.07) is 26.0. The number of fused-ring (bicyclic) bond motifs is 3. The second kappa shape index (κ2) is 10.0. The van der Waals surface area contributed by atoms with Crippen LogP contribution in [0.15, 0.2) is 88.2 Å². The first kappa shape index (κ1) is 25.4. The van der Waals surface area contributed by atoms with Crippen LogP contribution in [-0.2, 0) is 27.7 Å². The van der Waals surface area contributed by atoms with Crippen molar-refractivity contribution in [2.24, 2.45) is 0 Å². The van der Waals surface area contributed by atoms with Gasteiger partial charge in [-0.05, 0) is 0 Å². The fourth-order valence-corrected chi connectivity index (χ4v) is 14.7. The Labute approximate surface area is 235 Å². The van der Waals surface area contributed by atoms with E-state index in [1.807, 2.05) is 0 Å². The van der Waals surface area contributed by atoms with E-state index in [1.54, 1.807) is 15.3 Å². The molecule has 0 saturated carbocycles. The quantitative estimate of drug-likeness (QED) is 0.203. The van der Waals surface area contributed by atoms with Crippen molar-refractivity contribution in [3.05, 3.63) is 144 Å². The zero-order valence-electron chi connectivity index (χ0n) is 23.5. The first-order chi connectivity index (χ1) is 18.3. The molecule has 0 atom stereocenters. The summed E-state index contributed by atoms with van der Waals surface area (Å²) in [5.74, 6) is 0. The number of aryl methyl sites for hydroxylation is 5. The third-order valence-corrected chi connectivity index (χ3v) is 16.6. The summed E-state index contributed by atoms with van der Waals surface area (Å²) in [7, 11) is 0. The van der Waals surface area contributed by atoms with Crippen LogP contribution in [0.1, 0.15) is 62.1 Å². The Bertz CT molecular complexity index is 1630. The zero-order valence-corrected chi connectivity index (χ0v) is 26.0. The summed E-state index contributed by atoms with van der Waals surface area (Å²) in [5.41, 5.74) is 17.2. The van der Waals surface area contributed by atoms with Gasteiger partial charge in [-0.25, -0.2) is 0 Å². The molecule has 0 amide bonds. The van der Waals surface area contributed by atoms with E-state index in [-0.39, 0.29) is 0 Å². The van der Waals surface area contributed by atoms with Gasteiger partial charge in [0.1, 0.15) is 0 Å². The Morgan fingerprint density at radius 1 is 0.658 bits per heavy atom. The molecule has 188 valence electrons. The van der Waals surface area contributed by atoms with Crippen LogP contribution < -0.4 is 3.27 Å². The van der Waals surface area contributed by atoms with Crippen molar-refractivity contribution in [2.75, 3.05) is 0 Å². The van der Waals surface area contributed by atoms with Crippen LogP contribution in [0.3, 0.4) is 0 Å². The molecule has 6 rings (SSSR count). The van der Waals surface area contributed by atoms with E-state index in [4.69, 9.17) is 0 Å². The average Bonchev–Trinajstić information content (AvgIpc) is 3.54. The van der Waals surface area contributed by atoms with Crippen molar-refractivity contribution in [1.82, 2.24) is 0 Å². The maximum absolute atomic E-state index is 2.63. The number of allylic oxidation sites excluding steroid dienone is 4. The standard InChI is InChI=1S/C17H17.C15H14.C5H5.Zr/c1-10-5-14-9-15-6-11(2)13(4)8-17(15)16(14)7-12(10)3;1-12-3-7-14(8-4-12)11-15-9-5-13(2)6-10-15;1-2-4-5-3-1;/h5,7-8H,9H2,1-4H3;3-10H,1-2H3;1-3H,4H2;. The number of hydrogen-bond donors (Lipinski definition) is 0. The molecule has 0 aromatic heterocycles. The summed E-state index contributed by atoms with van der Waals surface area (Å²) in [5, 5.41) is 0. The Morgan fingerprint density at radius 3 is 1.82 bits per heavy atom. The predicted octanol–water partition coefficient (Wildman–Crippen LogP) is 8.46. The van der Waals surface area contributed by atoms with Gasteiger partial charge in [0.2, 0.25) is 0 Å². The third kappa shape index (κ3) is 4.40. The van der Waals surface area contributed by atoms with E-state index in [1.165, 1.54) is 61.2 Å². The van der Waals surface area contributed by atoms with Crippen molar-refractivity contribution in [3.8, 4) is 11.1 Å². The van der Waals surface area contributed by atoms with Gasteiger partial charge in [0.05, 0.1) is 0 Å². The molecule has 38 heavy (non-hydrogen) atoms. The minimum absolute atomic E-state index is 1.06. The van der Waals surface area contributed by atoms with Crippen LogP contribution in [0, 0.1) is 41.5 Å². The Hall–Kier alpha value is -2.89. The normalized spacial score (nSPS) is 13.4. The van der Waals surface area contributed by atoms with Gasteiger partial charge in [-0.1, -0.05) is 0 Å². The second-order valence-corrected chi connectivity index (χ2v) is 17.2. The van der Waals surface area contributed by atoms with E-state index >= 15 is 0 Å². The Morgan fingerprint density at radius 2 is 1.24 bits per heavy atom. The Kier molecular flexibility index (Phi) is 6.69. The molecule has 0 nitrogen and oxygen atoms in total. The monoisotopic (exact) mass is 570 g/mol. The number of hydrogen-bond acceptors (Lipinski definition) is 0. The fourth-order valence-electron chi connectivity index (χ4n) is 6.17. The van der Waals surface area contributed by atoms with E-state index in [0.717, 1.165) is 12.8 Å². The van der Waals surface area contributed by atoms with Crippen LogP contribution >= 0.6 is 0 Å². The van der Waals surface area contributed by atoms with E-state index in [0.29, 0.717) is 0 Å². The molecule has 2 aliphatic carbocycles. The molecular weight excluding hydrogens is 536 g/mol. The molecule has 0 aliphatic heterocycles. The van der Waals surface area contributed by atoms with Gasteiger partial charge in [0, 0.05) is 0 Å². The summed E-state index contributed by atoms with van der Waals surface area (Å²) in [6.45, 7) is 13.6. The van der Waals surface area contributed by atoms with Gasteiger partial charge in [-0.15, -0.1) is 0 Å². The number of rotatable bonds is 4. The SMILES string of the molecule is Cc1ccc([C](c2ccc(C)cc2)=[Zr]([C]2=CC=CC2)[c]2c(C)c(C)cc3c2Cc2cc(C)c(C)cc2-3)cc1. The van der Waals surface area contributed by atoms with Crippen molar-refractivity contribution >= 4 is 6.48 Å². The fraction of sp³-hybridized carbons (Fsp3) is 0.216. The van der Waals surface area contributed by atoms with Crippen molar-refractivity contribution < 1.29 is 21.3 Å². The predicted molar refractivity (Wildman–Crippen MR) is 161 cm³/mol. The van der Waals surface area contributed by atoms with Crippen molar-refractivity contribution in [3.63, 3.8) is 0 Å². The molecule has 0 spiro atoms. The average molecular weight is 572 g/mol. The molecule has 1 heteroatoms. The van der Waals surface area contributed by atoms with Crippen LogP contribution in [0.2, 0.25) is 0 Å². The molecular formula is C37H36Zr. The molecule has 0 unspecified atom stereocenters. The van der Waals surface area contributed by atoms with Gasteiger partial charge in [-0.3, -0.25) is 0 Å². The van der Waals surface area contributed by atoms with Gasteiger partial charge in [0.25, 0.3) is 0 Å². The van der Waals surface area contributed by atoms with Gasteiger partial charge in [0.15, 0.2) is 0 Å². The second-order valence-electron chi connectivity index (χ2n) is 11.3. The molecule has 0 N–H and O–H groups in total. The van der Waals surface area contributed by atoms with Crippen LogP contribution in [-0.4, -0.2) is 3.21 Å². The summed E-state index contributed by atoms with van der Waals surface area (Å²) in [4.78, 5) is 0. The Balaban J connectivity index is 1.73. The van der Waals surface area contributed by atoms with E-state index in [2.05, 4.69) is 127 Å². The molecule has 2 aliphatic rings. The first-order valence-corrected chi connectivity index (χ1v) is 17.5. The van der Waals surface area contributed by atoms with Crippen LogP contribution in [0.25, 0.3) is 11.1 Å². The van der Waals surface area contributed by atoms with E-state index < -0.39 is 21.3 Å². The molecule has 0 bridgehead atoms.